The van der Waals surface area contributed by atoms with Crippen LogP contribution in [0.4, 0.5) is 0 Å². The van der Waals surface area contributed by atoms with E-state index in [1.165, 1.54) is 0 Å². The largest absolute Gasteiger partial charge is 0.319 e. The van der Waals surface area contributed by atoms with Gasteiger partial charge in [-0.15, -0.1) is 0 Å². The Labute approximate surface area is 196 Å². The summed E-state index contributed by atoms with van der Waals surface area (Å²) in [6.07, 6.45) is 1.69. The Morgan fingerprint density at radius 2 is 1.38 bits per heavy atom. The van der Waals surface area contributed by atoms with Crippen LogP contribution in [-0.4, -0.2) is 21.3 Å². The van der Waals surface area contributed by atoms with Crippen LogP contribution in [0.25, 0.3) is 11.4 Å². The van der Waals surface area contributed by atoms with E-state index < -0.39 is 0 Å². The number of amides is 1. The molecule has 4 rings (SSSR count). The van der Waals surface area contributed by atoms with Gasteiger partial charge in [-0.3, -0.25) is 4.79 Å². The molecule has 0 unspecified atom stereocenters. The third kappa shape index (κ3) is 4.32. The second-order valence-corrected chi connectivity index (χ2v) is 8.75. The van der Waals surface area contributed by atoms with Gasteiger partial charge in [0.05, 0.1) is 6.21 Å². The van der Waals surface area contributed by atoms with Crippen molar-refractivity contribution in [2.24, 2.45) is 5.10 Å². The Hall–Kier alpha value is -3.38. The fourth-order valence-corrected chi connectivity index (χ4v) is 4.23. The number of carbonyl (C=O) groups excluding carboxylic acids is 1. The van der Waals surface area contributed by atoms with Gasteiger partial charge in [0.2, 0.25) is 0 Å². The first kappa shape index (κ1) is 21.8. The van der Waals surface area contributed by atoms with Gasteiger partial charge in [0.25, 0.3) is 5.91 Å². The normalized spacial score (nSPS) is 11.3. The molecule has 0 radical (unpaired) electrons. The van der Waals surface area contributed by atoms with Gasteiger partial charge in [0, 0.05) is 49.8 Å². The third-order valence-electron chi connectivity index (χ3n) is 5.58. The van der Waals surface area contributed by atoms with Crippen molar-refractivity contribution in [2.75, 3.05) is 0 Å². The molecule has 0 fully saturated rings. The molecule has 2 aromatic heterocycles. The van der Waals surface area contributed by atoms with Gasteiger partial charge in [-0.1, -0.05) is 15.9 Å². The number of nitrogens with zero attached hydrogens (tertiary/aromatic N) is 3. The Kier molecular flexibility index (Phi) is 6.15. The molecular formula is C26H25BrN4O. The van der Waals surface area contributed by atoms with E-state index in [9.17, 15) is 4.79 Å². The predicted octanol–water partition coefficient (Wildman–Crippen LogP) is 6.03. The fourth-order valence-electron chi connectivity index (χ4n) is 3.97. The van der Waals surface area contributed by atoms with Crippen molar-refractivity contribution in [3.8, 4) is 11.4 Å². The van der Waals surface area contributed by atoms with Gasteiger partial charge in [-0.25, -0.2) is 5.43 Å². The molecule has 0 saturated heterocycles. The van der Waals surface area contributed by atoms with Crippen LogP contribution in [0.2, 0.25) is 0 Å². The van der Waals surface area contributed by atoms with Gasteiger partial charge >= 0.3 is 0 Å². The summed E-state index contributed by atoms with van der Waals surface area (Å²) in [5.41, 5.74) is 10.7. The highest BCUT2D eigenvalue weighted by molar-refractivity contribution is 9.10. The van der Waals surface area contributed by atoms with E-state index in [4.69, 9.17) is 0 Å². The summed E-state index contributed by atoms with van der Waals surface area (Å²) in [6, 6.07) is 21.9. The summed E-state index contributed by atoms with van der Waals surface area (Å²) in [5, 5.41) is 4.19. The Bertz CT molecular complexity index is 1280. The number of aryl methyl sites for hydroxylation is 3. The molecule has 6 heteroatoms. The number of nitrogens with one attached hydrogen (secondary N) is 1. The maximum Gasteiger partial charge on any atom is 0.271 e. The SMILES string of the molecule is Cc1ccc(C)n1-c1ccc(C(=O)N/N=C\c2cc(C)n(-c3ccc(Br)cc3)c2C)cc1. The lowest BCUT2D eigenvalue weighted by molar-refractivity contribution is 0.0955. The van der Waals surface area contributed by atoms with Crippen molar-refractivity contribution in [3.63, 3.8) is 0 Å². The van der Waals surface area contributed by atoms with Crippen LogP contribution >= 0.6 is 15.9 Å². The van der Waals surface area contributed by atoms with Crippen LogP contribution in [0.3, 0.4) is 0 Å². The third-order valence-corrected chi connectivity index (χ3v) is 6.11. The number of aromatic nitrogens is 2. The highest BCUT2D eigenvalue weighted by Gasteiger charge is 2.10. The van der Waals surface area contributed by atoms with E-state index >= 15 is 0 Å². The first-order chi connectivity index (χ1) is 15.3. The molecule has 4 aromatic rings. The van der Waals surface area contributed by atoms with Crippen LogP contribution in [0, 0.1) is 27.7 Å². The zero-order valence-electron chi connectivity index (χ0n) is 18.6. The van der Waals surface area contributed by atoms with Gasteiger partial charge in [-0.2, -0.15) is 5.10 Å². The predicted molar refractivity (Wildman–Crippen MR) is 133 cm³/mol. The summed E-state index contributed by atoms with van der Waals surface area (Å²) in [4.78, 5) is 12.5. The molecule has 2 heterocycles. The van der Waals surface area contributed by atoms with Crippen LogP contribution in [0.15, 0.2) is 76.3 Å². The van der Waals surface area contributed by atoms with Gasteiger partial charge in [0.1, 0.15) is 0 Å². The molecule has 2 aromatic carbocycles. The van der Waals surface area contributed by atoms with E-state index in [0.29, 0.717) is 5.56 Å². The van der Waals surface area contributed by atoms with Gasteiger partial charge in [-0.05, 0) is 94.4 Å². The fraction of sp³-hybridized carbons (Fsp3) is 0.154. The molecule has 162 valence electrons. The van der Waals surface area contributed by atoms with Gasteiger partial charge < -0.3 is 9.13 Å². The van der Waals surface area contributed by atoms with Crippen molar-refractivity contribution >= 4 is 28.1 Å². The quantitative estimate of drug-likeness (QED) is 0.270. The average Bonchev–Trinajstić information content (AvgIpc) is 3.26. The molecular weight excluding hydrogens is 464 g/mol. The first-order valence-corrected chi connectivity index (χ1v) is 11.2. The molecule has 0 aliphatic carbocycles. The molecule has 0 bridgehead atoms. The zero-order chi connectivity index (χ0) is 22.8. The van der Waals surface area contributed by atoms with Crippen molar-refractivity contribution in [2.45, 2.75) is 27.7 Å². The lowest BCUT2D eigenvalue weighted by atomic mass is 10.2. The number of rotatable bonds is 5. The van der Waals surface area contributed by atoms with Crippen molar-refractivity contribution in [1.82, 2.24) is 14.6 Å². The summed E-state index contributed by atoms with van der Waals surface area (Å²) in [6.45, 7) is 8.23. The Balaban J connectivity index is 1.47. The van der Waals surface area contributed by atoms with E-state index in [1.54, 1.807) is 6.21 Å². The van der Waals surface area contributed by atoms with E-state index in [0.717, 1.165) is 44.2 Å². The average molecular weight is 489 g/mol. The van der Waals surface area contributed by atoms with E-state index in [1.807, 2.05) is 43.3 Å². The summed E-state index contributed by atoms with van der Waals surface area (Å²) in [5.74, 6) is -0.240. The number of carbonyl (C=O) groups is 1. The summed E-state index contributed by atoms with van der Waals surface area (Å²) < 4.78 is 5.36. The molecule has 0 atom stereocenters. The standard InChI is InChI=1S/C26H25BrN4O/c1-17-5-6-18(2)30(17)24-11-7-21(8-12-24)26(32)29-28-16-22-15-19(3)31(20(22)4)25-13-9-23(27)10-14-25/h5-16H,1-4H3,(H,29,32)/b28-16-. The van der Waals surface area contributed by atoms with Crippen molar-refractivity contribution in [1.29, 1.82) is 0 Å². The topological polar surface area (TPSA) is 51.3 Å². The lowest BCUT2D eigenvalue weighted by Gasteiger charge is -2.10. The number of benzene rings is 2. The zero-order valence-corrected chi connectivity index (χ0v) is 20.1. The molecule has 0 aliphatic heterocycles. The molecule has 0 saturated carbocycles. The maximum absolute atomic E-state index is 12.5. The Morgan fingerprint density at radius 1 is 0.812 bits per heavy atom. The summed E-state index contributed by atoms with van der Waals surface area (Å²) >= 11 is 3.48. The van der Waals surface area contributed by atoms with E-state index in [-0.39, 0.29) is 5.91 Å². The van der Waals surface area contributed by atoms with Crippen LogP contribution in [-0.2, 0) is 0 Å². The number of hydrazone groups is 1. The number of halogens is 1. The Morgan fingerprint density at radius 3 is 2.00 bits per heavy atom. The molecule has 1 amide bonds. The summed E-state index contributed by atoms with van der Waals surface area (Å²) in [7, 11) is 0. The first-order valence-electron chi connectivity index (χ1n) is 10.4. The minimum atomic E-state index is -0.240. The van der Waals surface area contributed by atoms with Crippen LogP contribution in [0.1, 0.15) is 38.7 Å². The van der Waals surface area contributed by atoms with Crippen LogP contribution in [0.5, 0.6) is 0 Å². The van der Waals surface area contributed by atoms with E-state index in [2.05, 4.69) is 86.7 Å². The monoisotopic (exact) mass is 488 g/mol. The molecule has 0 spiro atoms. The van der Waals surface area contributed by atoms with Crippen molar-refractivity contribution < 1.29 is 4.79 Å². The minimum absolute atomic E-state index is 0.240. The van der Waals surface area contributed by atoms with Crippen LogP contribution < -0.4 is 5.43 Å². The second kappa shape index (κ2) is 9.01. The smallest absolute Gasteiger partial charge is 0.271 e. The minimum Gasteiger partial charge on any atom is -0.319 e. The molecule has 5 nitrogen and oxygen atoms in total. The highest BCUT2D eigenvalue weighted by atomic mass is 79.9. The molecule has 32 heavy (non-hydrogen) atoms. The second-order valence-electron chi connectivity index (χ2n) is 7.84. The lowest BCUT2D eigenvalue weighted by Crippen LogP contribution is -2.17. The van der Waals surface area contributed by atoms with Crippen molar-refractivity contribution in [3.05, 3.63) is 105 Å². The number of hydrogen-bond acceptors (Lipinski definition) is 2. The van der Waals surface area contributed by atoms with Gasteiger partial charge in [0.15, 0.2) is 0 Å². The molecule has 1 N–H and O–H groups in total. The highest BCUT2D eigenvalue weighted by Crippen LogP contribution is 2.21. The molecule has 0 aliphatic rings. The number of hydrogen-bond donors (Lipinski definition) is 1. The maximum atomic E-state index is 12.5.